The minimum Gasteiger partial charge on any atom is -0.462 e. The Kier molecular flexibility index (Phi) is 10.9. The molecule has 1 aliphatic heterocycles. The summed E-state index contributed by atoms with van der Waals surface area (Å²) in [7, 11) is -1.34. The van der Waals surface area contributed by atoms with Gasteiger partial charge in [-0.2, -0.15) is 0 Å². The fraction of sp³-hybridized carbons (Fsp3) is 0.444. The number of β-lactam (4-membered cyclic amide) rings is 1. The van der Waals surface area contributed by atoms with E-state index in [0.29, 0.717) is 18.7 Å². The fourth-order valence-electron chi connectivity index (χ4n) is 3.96. The van der Waals surface area contributed by atoms with Crippen LogP contribution in [-0.2, 0) is 37.3 Å². The first-order chi connectivity index (χ1) is 17.4. The van der Waals surface area contributed by atoms with Crippen LogP contribution in [-0.4, -0.2) is 52.0 Å². The Labute approximate surface area is 220 Å². The molecule has 194 valence electrons. The van der Waals surface area contributed by atoms with Crippen molar-refractivity contribution in [2.24, 2.45) is 0 Å². The van der Waals surface area contributed by atoms with Crippen LogP contribution in [0.4, 0.5) is 0 Å². The van der Waals surface area contributed by atoms with Gasteiger partial charge in [0.1, 0.15) is 11.9 Å². The van der Waals surface area contributed by atoms with Crippen molar-refractivity contribution >= 4 is 40.2 Å². The molecule has 2 aromatic rings. The van der Waals surface area contributed by atoms with E-state index in [1.54, 1.807) is 31.2 Å². The van der Waals surface area contributed by atoms with Crippen LogP contribution in [0.3, 0.4) is 0 Å². The Morgan fingerprint density at radius 3 is 2.36 bits per heavy atom. The van der Waals surface area contributed by atoms with Crippen LogP contribution in [0, 0.1) is 0 Å². The van der Waals surface area contributed by atoms with E-state index in [9.17, 15) is 18.6 Å². The topological polar surface area (TPSA) is 92.8 Å². The number of likely N-dealkylation sites (tertiary alicyclic amines) is 1. The molecule has 36 heavy (non-hydrogen) atoms. The number of ether oxygens (including phenoxy) is 1. The number of carbonyl (C=O) groups is 3. The fourth-order valence-corrected chi connectivity index (χ4v) is 5.60. The summed E-state index contributed by atoms with van der Waals surface area (Å²) >= 11 is 5.90. The van der Waals surface area contributed by atoms with Gasteiger partial charge in [-0.25, -0.2) is 4.79 Å². The highest BCUT2D eigenvalue weighted by Gasteiger charge is 2.41. The molecule has 0 unspecified atom stereocenters. The molecule has 0 aromatic heterocycles. The summed E-state index contributed by atoms with van der Waals surface area (Å²) in [4.78, 5) is 37.5. The first kappa shape index (κ1) is 27.9. The van der Waals surface area contributed by atoms with Gasteiger partial charge in [0, 0.05) is 22.4 Å². The number of esters is 1. The number of aryl methyl sites for hydroxylation is 1. The van der Waals surface area contributed by atoms with Crippen LogP contribution in [0.15, 0.2) is 48.5 Å². The quantitative estimate of drug-likeness (QED) is 0.223. The van der Waals surface area contributed by atoms with Gasteiger partial charge in [-0.15, -0.1) is 0 Å². The van der Waals surface area contributed by atoms with Gasteiger partial charge in [-0.3, -0.25) is 13.8 Å². The molecule has 0 saturated carbocycles. The van der Waals surface area contributed by atoms with Crippen molar-refractivity contribution in [1.82, 2.24) is 10.2 Å². The Balaban J connectivity index is 1.32. The summed E-state index contributed by atoms with van der Waals surface area (Å²) in [5.41, 5.74) is 2.50. The lowest BCUT2D eigenvalue weighted by molar-refractivity contribution is -0.145. The van der Waals surface area contributed by atoms with E-state index in [4.69, 9.17) is 16.3 Å². The van der Waals surface area contributed by atoms with E-state index in [1.807, 2.05) is 24.3 Å². The van der Waals surface area contributed by atoms with Gasteiger partial charge >= 0.3 is 5.97 Å². The standard InChI is InChI=1S/C27H33ClN2O5S/c1-2-35-27(33)22-12-8-21(9-13-22)19-36(34)26-17-25(32)30(26)18-24(31)29-16-6-4-3-5-7-20-10-14-23(28)15-11-20/h8-15,26H,2-7,16-19H2,1H3,(H,29,31)/t26-,36+/m1/s1. The minimum absolute atomic E-state index is 0.0758. The maximum atomic E-state index is 12.8. The molecule has 2 aromatic carbocycles. The monoisotopic (exact) mass is 532 g/mol. The number of hydrogen-bond donors (Lipinski definition) is 1. The molecule has 2 amide bonds. The number of nitrogens with one attached hydrogen (secondary N) is 1. The molecule has 9 heteroatoms. The number of amides is 2. The van der Waals surface area contributed by atoms with Crippen molar-refractivity contribution < 1.29 is 23.3 Å². The summed E-state index contributed by atoms with van der Waals surface area (Å²) in [5, 5.41) is 3.14. The SMILES string of the molecule is CCOC(=O)c1ccc(C[S@](=O)[C@@H]2CC(=O)N2CC(=O)NCCCCCCc2ccc(Cl)cc2)cc1. The summed E-state index contributed by atoms with van der Waals surface area (Å²) in [6, 6.07) is 14.6. The predicted octanol–water partition coefficient (Wildman–Crippen LogP) is 4.24. The van der Waals surface area contributed by atoms with E-state index >= 15 is 0 Å². The zero-order valence-electron chi connectivity index (χ0n) is 20.5. The summed E-state index contributed by atoms with van der Waals surface area (Å²) < 4.78 is 17.8. The van der Waals surface area contributed by atoms with Gasteiger partial charge in [0.05, 0.1) is 24.3 Å². The molecular formula is C27H33ClN2O5S. The van der Waals surface area contributed by atoms with Crippen LogP contribution in [0.1, 0.15) is 60.5 Å². The van der Waals surface area contributed by atoms with Gasteiger partial charge in [0.15, 0.2) is 0 Å². The molecule has 0 aliphatic carbocycles. The van der Waals surface area contributed by atoms with E-state index in [-0.39, 0.29) is 30.5 Å². The molecule has 1 saturated heterocycles. The maximum Gasteiger partial charge on any atom is 0.338 e. The first-order valence-corrected chi connectivity index (χ1v) is 14.1. The van der Waals surface area contributed by atoms with Crippen LogP contribution >= 0.6 is 11.6 Å². The van der Waals surface area contributed by atoms with Crippen molar-refractivity contribution in [2.75, 3.05) is 19.7 Å². The highest BCUT2D eigenvalue weighted by molar-refractivity contribution is 7.85. The zero-order chi connectivity index (χ0) is 25.9. The average Bonchev–Trinajstić information content (AvgIpc) is 2.86. The number of nitrogens with zero attached hydrogens (tertiary/aromatic N) is 1. The number of unbranched alkanes of at least 4 members (excludes halogenated alkanes) is 3. The van der Waals surface area contributed by atoms with Crippen molar-refractivity contribution in [3.63, 3.8) is 0 Å². The van der Waals surface area contributed by atoms with Gasteiger partial charge in [0.25, 0.3) is 0 Å². The van der Waals surface area contributed by atoms with Crippen molar-refractivity contribution in [3.05, 3.63) is 70.2 Å². The third-order valence-electron chi connectivity index (χ3n) is 6.04. The van der Waals surface area contributed by atoms with Gasteiger partial charge < -0.3 is 15.0 Å². The van der Waals surface area contributed by atoms with E-state index < -0.39 is 22.1 Å². The van der Waals surface area contributed by atoms with E-state index in [0.717, 1.165) is 42.7 Å². The molecule has 0 radical (unpaired) electrons. The van der Waals surface area contributed by atoms with Crippen LogP contribution in [0.2, 0.25) is 5.02 Å². The van der Waals surface area contributed by atoms with Gasteiger partial charge in [0.2, 0.25) is 11.8 Å². The molecule has 1 N–H and O–H groups in total. The molecule has 3 rings (SSSR count). The Morgan fingerprint density at radius 2 is 1.69 bits per heavy atom. The molecule has 1 aliphatic rings. The average molecular weight is 533 g/mol. The van der Waals surface area contributed by atoms with Gasteiger partial charge in [-0.05, 0) is 61.6 Å². The van der Waals surface area contributed by atoms with Crippen molar-refractivity contribution in [3.8, 4) is 0 Å². The molecule has 2 atom stereocenters. The minimum atomic E-state index is -1.34. The molecule has 0 spiro atoms. The predicted molar refractivity (Wildman–Crippen MR) is 141 cm³/mol. The lowest BCUT2D eigenvalue weighted by Crippen LogP contribution is -2.57. The first-order valence-electron chi connectivity index (χ1n) is 12.3. The van der Waals surface area contributed by atoms with Crippen LogP contribution < -0.4 is 5.32 Å². The Morgan fingerprint density at radius 1 is 1.03 bits per heavy atom. The van der Waals surface area contributed by atoms with Crippen LogP contribution in [0.5, 0.6) is 0 Å². The lowest BCUT2D eigenvalue weighted by Gasteiger charge is -2.39. The van der Waals surface area contributed by atoms with E-state index in [2.05, 4.69) is 5.32 Å². The highest BCUT2D eigenvalue weighted by atomic mass is 35.5. The smallest absolute Gasteiger partial charge is 0.338 e. The van der Waals surface area contributed by atoms with Gasteiger partial charge in [-0.1, -0.05) is 48.7 Å². The molecule has 1 fully saturated rings. The summed E-state index contributed by atoms with van der Waals surface area (Å²) in [6.07, 6.45) is 5.22. The Bertz CT molecular complexity index is 1060. The van der Waals surface area contributed by atoms with Crippen molar-refractivity contribution in [1.29, 1.82) is 0 Å². The number of halogens is 1. The number of carbonyl (C=O) groups excluding carboxylic acids is 3. The molecule has 1 heterocycles. The normalized spacial score (nSPS) is 15.8. The zero-order valence-corrected chi connectivity index (χ0v) is 22.1. The second-order valence-electron chi connectivity index (χ2n) is 8.76. The third-order valence-corrected chi connectivity index (χ3v) is 7.93. The van der Waals surface area contributed by atoms with E-state index in [1.165, 1.54) is 10.5 Å². The Hall–Kier alpha value is -2.71. The van der Waals surface area contributed by atoms with Crippen LogP contribution in [0.25, 0.3) is 0 Å². The second-order valence-corrected chi connectivity index (χ2v) is 10.8. The third kappa shape index (κ3) is 8.45. The maximum absolute atomic E-state index is 12.8. The molecule has 7 nitrogen and oxygen atoms in total. The summed E-state index contributed by atoms with van der Waals surface area (Å²) in [6.45, 7) is 2.53. The number of hydrogen-bond acceptors (Lipinski definition) is 5. The highest BCUT2D eigenvalue weighted by Crippen LogP contribution is 2.24. The van der Waals surface area contributed by atoms with Crippen molar-refractivity contribution in [2.45, 2.75) is 56.6 Å². The largest absolute Gasteiger partial charge is 0.462 e. The number of benzene rings is 2. The number of rotatable bonds is 14. The lowest BCUT2D eigenvalue weighted by atomic mass is 10.1. The molecule has 0 bridgehead atoms. The second kappa shape index (κ2) is 14.1. The molecular weight excluding hydrogens is 500 g/mol. The summed E-state index contributed by atoms with van der Waals surface area (Å²) in [5.74, 6) is -0.548.